The molecule has 0 saturated carbocycles. The summed E-state index contributed by atoms with van der Waals surface area (Å²) in [4.78, 5) is 0. The van der Waals surface area contributed by atoms with Gasteiger partial charge in [0.1, 0.15) is 5.82 Å². The van der Waals surface area contributed by atoms with E-state index in [0.29, 0.717) is 6.54 Å². The number of anilines is 1. The predicted octanol–water partition coefficient (Wildman–Crippen LogP) is 5.16. The third-order valence-electron chi connectivity index (χ3n) is 2.67. The molecule has 0 atom stereocenters. The van der Waals surface area contributed by atoms with Crippen LogP contribution in [0.5, 0.6) is 0 Å². The minimum atomic E-state index is -0.387. The highest BCUT2D eigenvalue weighted by molar-refractivity contribution is 9.10. The zero-order valence-electron chi connectivity index (χ0n) is 9.81. The zero-order chi connectivity index (χ0) is 13.1. The fraction of sp³-hybridized carbons (Fsp3) is 0.143. The van der Waals surface area contributed by atoms with Gasteiger partial charge in [0.05, 0.1) is 5.02 Å². The van der Waals surface area contributed by atoms with Crippen molar-refractivity contribution in [2.45, 2.75) is 13.5 Å². The Balaban J connectivity index is 2.11. The van der Waals surface area contributed by atoms with Crippen LogP contribution < -0.4 is 5.32 Å². The van der Waals surface area contributed by atoms with Gasteiger partial charge in [0, 0.05) is 16.7 Å². The molecule has 0 radical (unpaired) electrons. The summed E-state index contributed by atoms with van der Waals surface area (Å²) in [5.74, 6) is -0.387. The Bertz CT molecular complexity index is 572. The molecule has 0 amide bonds. The molecule has 1 nitrogen and oxygen atoms in total. The summed E-state index contributed by atoms with van der Waals surface area (Å²) < 4.78 is 14.3. The lowest BCUT2D eigenvalue weighted by Gasteiger charge is -2.10. The number of hydrogen-bond acceptors (Lipinski definition) is 1. The Labute approximate surface area is 119 Å². The molecule has 0 fully saturated rings. The van der Waals surface area contributed by atoms with Gasteiger partial charge >= 0.3 is 0 Å². The Hall–Kier alpha value is -1.06. The Morgan fingerprint density at radius 2 is 2.00 bits per heavy atom. The molecule has 2 rings (SSSR count). The van der Waals surface area contributed by atoms with Crippen molar-refractivity contribution in [1.29, 1.82) is 0 Å². The lowest BCUT2D eigenvalue weighted by Crippen LogP contribution is -2.01. The maximum atomic E-state index is 13.3. The highest BCUT2D eigenvalue weighted by Gasteiger charge is 2.02. The molecule has 0 aromatic heterocycles. The Kier molecular flexibility index (Phi) is 4.25. The fourth-order valence-electron chi connectivity index (χ4n) is 1.63. The molecule has 0 heterocycles. The minimum absolute atomic E-state index is 0.150. The fourth-order valence-corrected chi connectivity index (χ4v) is 2.11. The lowest BCUT2D eigenvalue weighted by molar-refractivity contribution is 0.626. The van der Waals surface area contributed by atoms with Crippen LogP contribution in [0.4, 0.5) is 10.1 Å². The SMILES string of the molecule is Cc1ccc(Br)cc1NCc1ccc(Cl)c(F)c1. The first kappa shape index (κ1) is 13.4. The highest BCUT2D eigenvalue weighted by atomic mass is 79.9. The topological polar surface area (TPSA) is 12.0 Å². The van der Waals surface area contributed by atoms with Crippen LogP contribution >= 0.6 is 27.5 Å². The standard InChI is InChI=1S/C14H12BrClFN/c1-9-2-4-11(15)7-14(9)18-8-10-3-5-12(16)13(17)6-10/h2-7,18H,8H2,1H3. The summed E-state index contributed by atoms with van der Waals surface area (Å²) in [6.07, 6.45) is 0. The summed E-state index contributed by atoms with van der Waals surface area (Å²) in [5.41, 5.74) is 3.03. The number of hydrogen-bond donors (Lipinski definition) is 1. The van der Waals surface area contributed by atoms with E-state index < -0.39 is 0 Å². The first-order valence-corrected chi connectivity index (χ1v) is 6.67. The largest absolute Gasteiger partial charge is 0.381 e. The van der Waals surface area contributed by atoms with E-state index in [1.807, 2.05) is 31.2 Å². The van der Waals surface area contributed by atoms with Crippen LogP contribution in [-0.2, 0) is 6.54 Å². The Morgan fingerprint density at radius 3 is 2.72 bits per heavy atom. The van der Waals surface area contributed by atoms with Gasteiger partial charge in [0.2, 0.25) is 0 Å². The van der Waals surface area contributed by atoms with Crippen LogP contribution in [0.2, 0.25) is 5.02 Å². The van der Waals surface area contributed by atoms with Gasteiger partial charge in [0.25, 0.3) is 0 Å². The number of nitrogens with one attached hydrogen (secondary N) is 1. The maximum Gasteiger partial charge on any atom is 0.142 e. The quantitative estimate of drug-likeness (QED) is 0.820. The van der Waals surface area contributed by atoms with Crippen molar-refractivity contribution >= 4 is 33.2 Å². The van der Waals surface area contributed by atoms with Crippen LogP contribution in [0.1, 0.15) is 11.1 Å². The molecule has 0 aliphatic rings. The molecule has 0 saturated heterocycles. The summed E-state index contributed by atoms with van der Waals surface area (Å²) in [6, 6.07) is 10.8. The average molecular weight is 329 g/mol. The van der Waals surface area contributed by atoms with Crippen LogP contribution in [0.15, 0.2) is 40.9 Å². The van der Waals surface area contributed by atoms with E-state index in [2.05, 4.69) is 21.2 Å². The number of halogens is 3. The summed E-state index contributed by atoms with van der Waals surface area (Å²) in [5, 5.41) is 3.43. The second kappa shape index (κ2) is 5.72. The van der Waals surface area contributed by atoms with Crippen molar-refractivity contribution in [3.8, 4) is 0 Å². The number of benzene rings is 2. The van der Waals surface area contributed by atoms with Gasteiger partial charge < -0.3 is 5.32 Å². The van der Waals surface area contributed by atoms with Crippen molar-refractivity contribution in [3.63, 3.8) is 0 Å². The van der Waals surface area contributed by atoms with Gasteiger partial charge in [-0.1, -0.05) is 39.7 Å². The molecule has 18 heavy (non-hydrogen) atoms. The van der Waals surface area contributed by atoms with Gasteiger partial charge in [-0.2, -0.15) is 0 Å². The predicted molar refractivity (Wildman–Crippen MR) is 77.6 cm³/mol. The molecule has 1 N–H and O–H groups in total. The van der Waals surface area contributed by atoms with Crippen molar-refractivity contribution in [2.75, 3.05) is 5.32 Å². The van der Waals surface area contributed by atoms with E-state index >= 15 is 0 Å². The molecular formula is C14H12BrClFN. The van der Waals surface area contributed by atoms with Gasteiger partial charge in [-0.15, -0.1) is 0 Å². The van der Waals surface area contributed by atoms with E-state index in [1.165, 1.54) is 6.07 Å². The van der Waals surface area contributed by atoms with Crippen LogP contribution in [0, 0.1) is 12.7 Å². The van der Waals surface area contributed by atoms with Crippen molar-refractivity contribution in [3.05, 3.63) is 62.8 Å². The molecule has 2 aromatic rings. The average Bonchev–Trinajstić information content (AvgIpc) is 2.34. The first-order chi connectivity index (χ1) is 8.56. The van der Waals surface area contributed by atoms with Gasteiger partial charge in [-0.25, -0.2) is 4.39 Å². The molecule has 94 valence electrons. The molecule has 0 aliphatic heterocycles. The molecule has 0 aliphatic carbocycles. The Morgan fingerprint density at radius 1 is 1.22 bits per heavy atom. The van der Waals surface area contributed by atoms with E-state index in [1.54, 1.807) is 6.07 Å². The minimum Gasteiger partial charge on any atom is -0.381 e. The summed E-state index contributed by atoms with van der Waals surface area (Å²) >= 11 is 9.07. The smallest absolute Gasteiger partial charge is 0.142 e. The van der Waals surface area contributed by atoms with Gasteiger partial charge in [-0.05, 0) is 42.3 Å². The lowest BCUT2D eigenvalue weighted by atomic mass is 10.1. The van der Waals surface area contributed by atoms with Crippen LogP contribution in [-0.4, -0.2) is 0 Å². The van der Waals surface area contributed by atoms with E-state index in [-0.39, 0.29) is 10.8 Å². The molecule has 2 aromatic carbocycles. The third kappa shape index (κ3) is 3.24. The normalized spacial score (nSPS) is 10.4. The zero-order valence-corrected chi connectivity index (χ0v) is 12.1. The number of aryl methyl sites for hydroxylation is 1. The van der Waals surface area contributed by atoms with E-state index in [4.69, 9.17) is 11.6 Å². The van der Waals surface area contributed by atoms with E-state index in [9.17, 15) is 4.39 Å². The second-order valence-corrected chi connectivity index (χ2v) is 5.38. The number of rotatable bonds is 3. The van der Waals surface area contributed by atoms with Crippen molar-refractivity contribution in [1.82, 2.24) is 0 Å². The summed E-state index contributed by atoms with van der Waals surface area (Å²) in [6.45, 7) is 2.59. The molecular weight excluding hydrogens is 317 g/mol. The van der Waals surface area contributed by atoms with Crippen LogP contribution in [0.25, 0.3) is 0 Å². The van der Waals surface area contributed by atoms with Crippen molar-refractivity contribution < 1.29 is 4.39 Å². The molecule has 0 spiro atoms. The molecule has 0 unspecified atom stereocenters. The molecule has 4 heteroatoms. The highest BCUT2D eigenvalue weighted by Crippen LogP contribution is 2.22. The van der Waals surface area contributed by atoms with Crippen molar-refractivity contribution in [2.24, 2.45) is 0 Å². The maximum absolute atomic E-state index is 13.3. The third-order valence-corrected chi connectivity index (χ3v) is 3.47. The molecule has 0 bridgehead atoms. The first-order valence-electron chi connectivity index (χ1n) is 5.50. The monoisotopic (exact) mass is 327 g/mol. The van der Waals surface area contributed by atoms with Gasteiger partial charge in [-0.3, -0.25) is 0 Å². The second-order valence-electron chi connectivity index (χ2n) is 4.06. The van der Waals surface area contributed by atoms with E-state index in [0.717, 1.165) is 21.3 Å². The van der Waals surface area contributed by atoms with Gasteiger partial charge in [0.15, 0.2) is 0 Å². The summed E-state index contributed by atoms with van der Waals surface area (Å²) in [7, 11) is 0. The van der Waals surface area contributed by atoms with Crippen LogP contribution in [0.3, 0.4) is 0 Å².